The third kappa shape index (κ3) is 3.01. The molecule has 12 heavy (non-hydrogen) atoms. The van der Waals surface area contributed by atoms with Crippen LogP contribution in [0.4, 0.5) is 0 Å². The summed E-state index contributed by atoms with van der Waals surface area (Å²) >= 11 is 0. The maximum absolute atomic E-state index is 3.67. The van der Waals surface area contributed by atoms with Crippen molar-refractivity contribution in [2.75, 3.05) is 0 Å². The molecule has 0 aromatic carbocycles. The van der Waals surface area contributed by atoms with Crippen molar-refractivity contribution >= 4 is 0 Å². The van der Waals surface area contributed by atoms with Crippen LogP contribution >= 0.6 is 0 Å². The van der Waals surface area contributed by atoms with Gasteiger partial charge >= 0.3 is 0 Å². The summed E-state index contributed by atoms with van der Waals surface area (Å²) in [6.07, 6.45) is 11.1. The number of nitrogens with zero attached hydrogens (tertiary/aromatic N) is 3. The van der Waals surface area contributed by atoms with E-state index in [1.165, 1.54) is 0 Å². The Morgan fingerprint density at radius 1 is 1.50 bits per heavy atom. The Hall–Kier alpha value is -1.58. The van der Waals surface area contributed by atoms with E-state index >= 15 is 0 Å². The first-order valence-corrected chi connectivity index (χ1v) is 3.69. The van der Waals surface area contributed by atoms with E-state index in [1.54, 1.807) is 18.7 Å². The first-order chi connectivity index (χ1) is 5.79. The second-order valence-corrected chi connectivity index (χ2v) is 2.51. The molecule has 2 heterocycles. The highest BCUT2D eigenvalue weighted by Gasteiger charge is 1.87. The Morgan fingerprint density at radius 2 is 2.33 bits per heavy atom. The molecule has 0 spiro atoms. The number of hydrogen-bond donors (Lipinski definition) is 1. The van der Waals surface area contributed by atoms with Gasteiger partial charge in [0.25, 0.3) is 0 Å². The van der Waals surface area contributed by atoms with Crippen molar-refractivity contribution in [3.05, 3.63) is 37.4 Å². The van der Waals surface area contributed by atoms with Gasteiger partial charge in [0, 0.05) is 12.4 Å². The summed E-state index contributed by atoms with van der Waals surface area (Å²) in [7, 11) is 4.00. The van der Waals surface area contributed by atoms with Crippen molar-refractivity contribution in [2.24, 2.45) is 14.1 Å². The van der Waals surface area contributed by atoms with Gasteiger partial charge in [-0.3, -0.25) is 0 Å². The second kappa shape index (κ2) is 4.33. The number of nitrogens with one attached hydrogen (secondary N) is 1. The first-order valence-electron chi connectivity index (χ1n) is 3.69. The number of aryl methyl sites for hydroxylation is 2. The Kier molecular flexibility index (Phi) is 3.07. The third-order valence-electron chi connectivity index (χ3n) is 1.31. The Labute approximate surface area is 71.5 Å². The van der Waals surface area contributed by atoms with Crippen LogP contribution in [0.5, 0.6) is 0 Å². The van der Waals surface area contributed by atoms with Crippen molar-refractivity contribution in [3.63, 3.8) is 0 Å². The molecule has 2 aromatic heterocycles. The molecule has 0 unspecified atom stereocenters. The van der Waals surface area contributed by atoms with Gasteiger partial charge in [0.2, 0.25) is 6.33 Å². The van der Waals surface area contributed by atoms with Crippen molar-refractivity contribution < 1.29 is 4.57 Å². The molecule has 0 aliphatic heterocycles. The van der Waals surface area contributed by atoms with E-state index in [-0.39, 0.29) is 0 Å². The van der Waals surface area contributed by atoms with Crippen LogP contribution in [0.1, 0.15) is 0 Å². The standard InChI is InChI=1S/C5H9N2.C3H4N2/c1-6-3-4-7(2)5-6;1-2-5-3-4-1/h3-5H,1-2H3;1-3H,(H,4,5)/q+1;. The molecule has 0 saturated heterocycles. The largest absolute Gasteiger partial charge is 0.351 e. The van der Waals surface area contributed by atoms with Crippen LogP contribution in [0.15, 0.2) is 37.4 Å². The summed E-state index contributed by atoms with van der Waals surface area (Å²) in [4.78, 5) is 6.42. The van der Waals surface area contributed by atoms with Crippen molar-refractivity contribution in [1.82, 2.24) is 14.5 Å². The van der Waals surface area contributed by atoms with E-state index < -0.39 is 0 Å². The molecule has 4 nitrogen and oxygen atoms in total. The van der Waals surface area contributed by atoms with E-state index in [9.17, 15) is 0 Å². The van der Waals surface area contributed by atoms with Crippen LogP contribution < -0.4 is 4.57 Å². The summed E-state index contributed by atoms with van der Waals surface area (Å²) < 4.78 is 4.00. The van der Waals surface area contributed by atoms with Gasteiger partial charge in [0.15, 0.2) is 0 Å². The predicted molar refractivity (Wildman–Crippen MR) is 45.2 cm³/mol. The number of hydrogen-bond acceptors (Lipinski definition) is 1. The van der Waals surface area contributed by atoms with Gasteiger partial charge in [0.05, 0.1) is 20.4 Å². The molecule has 0 aliphatic rings. The van der Waals surface area contributed by atoms with Gasteiger partial charge in [-0.15, -0.1) is 0 Å². The second-order valence-electron chi connectivity index (χ2n) is 2.51. The highest BCUT2D eigenvalue weighted by atomic mass is 15.1. The number of aromatic amines is 1. The van der Waals surface area contributed by atoms with E-state index in [0.29, 0.717) is 0 Å². The van der Waals surface area contributed by atoms with Crippen LogP contribution in [0.25, 0.3) is 0 Å². The summed E-state index contributed by atoms with van der Waals surface area (Å²) in [5, 5.41) is 0. The fourth-order valence-electron chi connectivity index (χ4n) is 0.790. The third-order valence-corrected chi connectivity index (χ3v) is 1.31. The zero-order valence-corrected chi connectivity index (χ0v) is 7.31. The number of aromatic nitrogens is 4. The first kappa shape index (κ1) is 8.52. The maximum Gasteiger partial charge on any atom is 0.243 e. The summed E-state index contributed by atoms with van der Waals surface area (Å²) in [5.41, 5.74) is 0. The average molecular weight is 165 g/mol. The number of H-pyrrole nitrogens is 1. The molecule has 0 aliphatic carbocycles. The summed E-state index contributed by atoms with van der Waals surface area (Å²) in [6.45, 7) is 0. The molecule has 4 heteroatoms. The van der Waals surface area contributed by atoms with Crippen LogP contribution in [0, 0.1) is 0 Å². The minimum Gasteiger partial charge on any atom is -0.351 e. The topological polar surface area (TPSA) is 37.5 Å². The molecule has 1 N–H and O–H groups in total. The lowest BCUT2D eigenvalue weighted by atomic mass is 10.9. The minimum atomic E-state index is 1.62. The van der Waals surface area contributed by atoms with Crippen LogP contribution in [-0.2, 0) is 14.1 Å². The number of imidazole rings is 2. The van der Waals surface area contributed by atoms with Crippen molar-refractivity contribution in [1.29, 1.82) is 0 Å². The van der Waals surface area contributed by atoms with E-state index in [2.05, 4.69) is 9.97 Å². The summed E-state index contributed by atoms with van der Waals surface area (Å²) in [6, 6.07) is 0. The fourth-order valence-corrected chi connectivity index (χ4v) is 0.790. The Balaban J connectivity index is 0.000000127. The van der Waals surface area contributed by atoms with Gasteiger partial charge in [-0.25, -0.2) is 14.1 Å². The molecular weight excluding hydrogens is 152 g/mol. The lowest BCUT2D eigenvalue weighted by Crippen LogP contribution is -2.23. The molecule has 0 bridgehead atoms. The van der Waals surface area contributed by atoms with Crippen LogP contribution in [-0.4, -0.2) is 14.5 Å². The normalized spacial score (nSPS) is 8.83. The van der Waals surface area contributed by atoms with Gasteiger partial charge in [-0.2, -0.15) is 0 Å². The van der Waals surface area contributed by atoms with E-state index in [0.717, 1.165) is 0 Å². The lowest BCUT2D eigenvalue weighted by Gasteiger charge is -1.72. The maximum atomic E-state index is 3.67. The lowest BCUT2D eigenvalue weighted by molar-refractivity contribution is -0.670. The molecule has 0 radical (unpaired) electrons. The van der Waals surface area contributed by atoms with Crippen LogP contribution in [0.3, 0.4) is 0 Å². The van der Waals surface area contributed by atoms with Gasteiger partial charge < -0.3 is 4.98 Å². The van der Waals surface area contributed by atoms with E-state index in [1.807, 2.05) is 42.0 Å². The Bertz CT molecular complexity index is 263. The van der Waals surface area contributed by atoms with E-state index in [4.69, 9.17) is 0 Å². The average Bonchev–Trinajstić information content (AvgIpc) is 2.63. The molecule has 0 atom stereocenters. The van der Waals surface area contributed by atoms with Gasteiger partial charge in [-0.05, 0) is 0 Å². The van der Waals surface area contributed by atoms with Gasteiger partial charge in [0.1, 0.15) is 12.4 Å². The molecular formula is C8H13N4+. The zero-order valence-electron chi connectivity index (χ0n) is 7.31. The zero-order chi connectivity index (χ0) is 8.81. The quantitative estimate of drug-likeness (QED) is 0.559. The van der Waals surface area contributed by atoms with Crippen molar-refractivity contribution in [3.8, 4) is 0 Å². The molecule has 0 amide bonds. The fraction of sp³-hybridized carbons (Fsp3) is 0.250. The molecule has 2 rings (SSSR count). The van der Waals surface area contributed by atoms with Gasteiger partial charge in [-0.1, -0.05) is 0 Å². The monoisotopic (exact) mass is 165 g/mol. The SMILES string of the molecule is Cn1cc[n+](C)c1.c1c[nH]cn1. The smallest absolute Gasteiger partial charge is 0.243 e. The minimum absolute atomic E-state index is 1.62. The molecule has 2 aromatic rings. The van der Waals surface area contributed by atoms with Crippen LogP contribution in [0.2, 0.25) is 0 Å². The summed E-state index contributed by atoms with van der Waals surface area (Å²) in [5.74, 6) is 0. The predicted octanol–water partition coefficient (Wildman–Crippen LogP) is 0.259. The number of rotatable bonds is 0. The molecule has 0 fully saturated rings. The highest BCUT2D eigenvalue weighted by molar-refractivity contribution is 4.64. The Morgan fingerprint density at radius 3 is 2.50 bits per heavy atom. The van der Waals surface area contributed by atoms with Crippen molar-refractivity contribution in [2.45, 2.75) is 0 Å². The molecule has 64 valence electrons. The molecule has 0 saturated carbocycles. The highest BCUT2D eigenvalue weighted by Crippen LogP contribution is 1.70.